The van der Waals surface area contributed by atoms with Gasteiger partial charge >= 0.3 is 0 Å². The van der Waals surface area contributed by atoms with Gasteiger partial charge in [-0.25, -0.2) is 16.8 Å². The third-order valence-corrected chi connectivity index (χ3v) is 9.04. The van der Waals surface area contributed by atoms with Crippen molar-refractivity contribution in [2.45, 2.75) is 42.5 Å². The average Bonchev–Trinajstić information content (AvgIpc) is 3.42. The molecule has 0 radical (unpaired) electrons. The van der Waals surface area contributed by atoms with E-state index in [0.717, 1.165) is 36.9 Å². The molecule has 0 bridgehead atoms. The molecule has 2 fully saturated rings. The molecule has 0 N–H and O–H groups in total. The molecule has 3 heterocycles. The van der Waals surface area contributed by atoms with E-state index in [0.29, 0.717) is 22.3 Å². The summed E-state index contributed by atoms with van der Waals surface area (Å²) in [6.07, 6.45) is 6.15. The Morgan fingerprint density at radius 3 is 2.66 bits per heavy atom. The number of halogens is 1. The Morgan fingerprint density at radius 1 is 0.906 bits per heavy atom. The van der Waals surface area contributed by atoms with Crippen LogP contribution in [0.25, 0.3) is 21.7 Å². The molecule has 2 aliphatic heterocycles. The summed E-state index contributed by atoms with van der Waals surface area (Å²) in [6, 6.07) is 17.9. The molecule has 0 aliphatic carbocycles. The zero-order valence-electron chi connectivity index (χ0n) is 17.7. The highest BCUT2D eigenvalue weighted by Gasteiger charge is 2.34. The lowest BCUT2D eigenvalue weighted by atomic mass is 9.85. The zero-order chi connectivity index (χ0) is 21.9. The van der Waals surface area contributed by atoms with E-state index in [1.165, 1.54) is 28.9 Å². The summed E-state index contributed by atoms with van der Waals surface area (Å²) in [5.74, 6) is -0.0972. The first-order chi connectivity index (χ1) is 15.5. The topological polar surface area (TPSA) is 42.3 Å². The van der Waals surface area contributed by atoms with Gasteiger partial charge in [0.15, 0.2) is 0 Å². The van der Waals surface area contributed by atoms with Crippen LogP contribution in [0.3, 0.4) is 0 Å². The minimum Gasteiger partial charge on any atom is -0.300 e. The van der Waals surface area contributed by atoms with Crippen LogP contribution >= 0.6 is 0 Å². The van der Waals surface area contributed by atoms with Gasteiger partial charge in [-0.2, -0.15) is 0 Å². The smallest absolute Gasteiger partial charge is 0.268 e. The highest BCUT2D eigenvalue weighted by atomic mass is 32.2. The average molecular weight is 449 g/mol. The lowest BCUT2D eigenvalue weighted by molar-refractivity contribution is 0.181. The lowest BCUT2D eigenvalue weighted by Gasteiger charge is -2.34. The first-order valence-electron chi connectivity index (χ1n) is 11.3. The van der Waals surface area contributed by atoms with Crippen LogP contribution in [0.5, 0.6) is 0 Å². The number of rotatable bonds is 3. The summed E-state index contributed by atoms with van der Waals surface area (Å²) >= 11 is 0. The van der Waals surface area contributed by atoms with Crippen molar-refractivity contribution in [1.82, 2.24) is 8.87 Å². The number of benzene rings is 3. The van der Waals surface area contributed by atoms with Gasteiger partial charge < -0.3 is 4.90 Å². The van der Waals surface area contributed by atoms with E-state index in [9.17, 15) is 12.8 Å². The number of fused-ring (bicyclic) bond motifs is 3. The summed E-state index contributed by atoms with van der Waals surface area (Å²) < 4.78 is 43.4. The van der Waals surface area contributed by atoms with E-state index in [1.54, 1.807) is 24.4 Å². The Kier molecular flexibility index (Phi) is 4.63. The standard InChI is InChI=1S/C26H25FN2O2S/c27-20-10-11-25-23(16-20)24(19-12-14-28-13-4-7-21(28)15-19)17-29(25)32(30,31)26-9-3-6-18-5-1-2-8-22(18)26/h1-3,5-6,8-11,16-17,19,21H,4,7,12-15H2. The lowest BCUT2D eigenvalue weighted by Crippen LogP contribution is -2.37. The molecule has 2 saturated heterocycles. The molecular weight excluding hydrogens is 423 g/mol. The second-order valence-corrected chi connectivity index (χ2v) is 10.9. The van der Waals surface area contributed by atoms with Gasteiger partial charge in [0.1, 0.15) is 5.82 Å². The fourth-order valence-corrected chi connectivity index (χ4v) is 7.35. The van der Waals surface area contributed by atoms with Gasteiger partial charge in [0.05, 0.1) is 10.4 Å². The summed E-state index contributed by atoms with van der Waals surface area (Å²) in [7, 11) is -3.86. The molecule has 164 valence electrons. The van der Waals surface area contributed by atoms with Gasteiger partial charge in [-0.3, -0.25) is 0 Å². The van der Waals surface area contributed by atoms with Gasteiger partial charge in [-0.1, -0.05) is 36.4 Å². The monoisotopic (exact) mass is 448 g/mol. The predicted molar refractivity (Wildman–Crippen MR) is 125 cm³/mol. The van der Waals surface area contributed by atoms with Crippen LogP contribution in [0.4, 0.5) is 4.39 Å². The van der Waals surface area contributed by atoms with Crippen LogP contribution in [0.15, 0.2) is 71.8 Å². The van der Waals surface area contributed by atoms with Crippen molar-refractivity contribution in [3.05, 3.63) is 78.2 Å². The minimum absolute atomic E-state index is 0.239. The van der Waals surface area contributed by atoms with Gasteiger partial charge in [0.25, 0.3) is 10.0 Å². The number of aromatic nitrogens is 1. The van der Waals surface area contributed by atoms with Crippen LogP contribution in [0.1, 0.15) is 37.2 Å². The largest absolute Gasteiger partial charge is 0.300 e. The first-order valence-corrected chi connectivity index (χ1v) is 12.7. The summed E-state index contributed by atoms with van der Waals surface area (Å²) in [4.78, 5) is 2.82. The maximum atomic E-state index is 14.3. The van der Waals surface area contributed by atoms with Gasteiger partial charge in [0, 0.05) is 23.0 Å². The first kappa shape index (κ1) is 19.9. The van der Waals surface area contributed by atoms with Crippen molar-refractivity contribution in [3.8, 4) is 0 Å². The third-order valence-electron chi connectivity index (χ3n) is 7.31. The molecule has 2 atom stereocenters. The fourth-order valence-electron chi connectivity index (χ4n) is 5.75. The Morgan fingerprint density at radius 2 is 1.75 bits per heavy atom. The molecule has 1 aromatic heterocycles. The minimum atomic E-state index is -3.86. The van der Waals surface area contributed by atoms with Crippen LogP contribution in [0.2, 0.25) is 0 Å². The molecule has 6 heteroatoms. The molecule has 2 aliphatic rings. The van der Waals surface area contributed by atoms with Crippen LogP contribution in [-0.2, 0) is 10.0 Å². The number of nitrogens with zero attached hydrogens (tertiary/aromatic N) is 2. The highest BCUT2D eigenvalue weighted by Crippen LogP contribution is 2.40. The molecule has 4 nitrogen and oxygen atoms in total. The molecule has 0 amide bonds. The SMILES string of the molecule is O=S(=O)(c1cccc2ccccc12)n1cc(C2CCN3CCCC3C2)c2cc(F)ccc21. The van der Waals surface area contributed by atoms with Crippen molar-refractivity contribution < 1.29 is 12.8 Å². The highest BCUT2D eigenvalue weighted by molar-refractivity contribution is 7.90. The maximum absolute atomic E-state index is 14.3. The Labute approximate surface area is 187 Å². The third kappa shape index (κ3) is 3.08. The number of hydrogen-bond donors (Lipinski definition) is 0. The Hall–Kier alpha value is -2.70. The molecule has 6 rings (SSSR count). The van der Waals surface area contributed by atoms with Crippen molar-refractivity contribution in [1.29, 1.82) is 0 Å². The Bertz CT molecular complexity index is 1440. The maximum Gasteiger partial charge on any atom is 0.268 e. The second kappa shape index (κ2) is 7.42. The fraction of sp³-hybridized carbons (Fsp3) is 0.308. The van der Waals surface area contributed by atoms with E-state index in [1.807, 2.05) is 30.3 Å². The van der Waals surface area contributed by atoms with Crippen LogP contribution < -0.4 is 0 Å². The normalized spacial score (nSPS) is 21.9. The van der Waals surface area contributed by atoms with E-state index in [2.05, 4.69) is 4.90 Å². The summed E-state index contributed by atoms with van der Waals surface area (Å²) in [5.41, 5.74) is 1.50. The summed E-state index contributed by atoms with van der Waals surface area (Å²) in [6.45, 7) is 2.18. The van der Waals surface area contributed by atoms with Crippen molar-refractivity contribution >= 4 is 31.7 Å². The molecule has 0 saturated carbocycles. The van der Waals surface area contributed by atoms with Gasteiger partial charge in [-0.05, 0) is 79.9 Å². The zero-order valence-corrected chi connectivity index (χ0v) is 18.6. The molecule has 2 unspecified atom stereocenters. The molecule has 0 spiro atoms. The van der Waals surface area contributed by atoms with Gasteiger partial charge in [-0.15, -0.1) is 0 Å². The Balaban J connectivity index is 1.52. The number of piperidine rings is 1. The predicted octanol–water partition coefficient (Wildman–Crippen LogP) is 5.51. The van der Waals surface area contributed by atoms with E-state index >= 15 is 0 Å². The van der Waals surface area contributed by atoms with Gasteiger partial charge in [0.2, 0.25) is 0 Å². The number of hydrogen-bond acceptors (Lipinski definition) is 3. The summed E-state index contributed by atoms with van der Waals surface area (Å²) in [5, 5.41) is 2.29. The van der Waals surface area contributed by atoms with Crippen LogP contribution in [0, 0.1) is 5.82 Å². The molecular formula is C26H25FN2O2S. The van der Waals surface area contributed by atoms with E-state index in [4.69, 9.17) is 0 Å². The second-order valence-electron chi connectivity index (χ2n) is 9.08. The van der Waals surface area contributed by atoms with Crippen molar-refractivity contribution in [2.24, 2.45) is 0 Å². The molecule has 4 aromatic rings. The quantitative estimate of drug-likeness (QED) is 0.415. The van der Waals surface area contributed by atoms with E-state index < -0.39 is 10.0 Å². The van der Waals surface area contributed by atoms with Crippen molar-refractivity contribution in [2.75, 3.05) is 13.1 Å². The van der Waals surface area contributed by atoms with Crippen molar-refractivity contribution in [3.63, 3.8) is 0 Å². The van der Waals surface area contributed by atoms with E-state index in [-0.39, 0.29) is 16.6 Å². The van der Waals surface area contributed by atoms with Crippen LogP contribution in [-0.4, -0.2) is 36.4 Å². The molecule has 3 aromatic carbocycles. The molecule has 32 heavy (non-hydrogen) atoms.